The van der Waals surface area contributed by atoms with E-state index in [1.807, 2.05) is 6.92 Å². The molecule has 0 rings (SSSR count). The van der Waals surface area contributed by atoms with E-state index in [-0.39, 0.29) is 0 Å². The predicted octanol–water partition coefficient (Wildman–Crippen LogP) is 1.83. The van der Waals surface area contributed by atoms with Crippen LogP contribution in [0.1, 0.15) is 20.3 Å². The Kier molecular flexibility index (Phi) is 3.47. The van der Waals surface area contributed by atoms with Crippen molar-refractivity contribution in [2.75, 3.05) is 0 Å². The van der Waals surface area contributed by atoms with E-state index in [2.05, 4.69) is 6.58 Å². The fraction of sp³-hybridized carbons (Fsp3) is 0.375. The first-order chi connectivity index (χ1) is 4.57. The zero-order valence-corrected chi connectivity index (χ0v) is 6.57. The van der Waals surface area contributed by atoms with Gasteiger partial charge in [-0.2, -0.15) is 0 Å². The van der Waals surface area contributed by atoms with Crippen molar-refractivity contribution < 1.29 is 0 Å². The Balaban J connectivity index is 4.25. The van der Waals surface area contributed by atoms with Crippen LogP contribution in [0.4, 0.5) is 0 Å². The quantitative estimate of drug-likeness (QED) is 0.453. The number of allylic oxidation sites excluding steroid dienone is 3. The predicted molar refractivity (Wildman–Crippen MR) is 45.1 cm³/mol. The van der Waals surface area contributed by atoms with E-state index >= 15 is 0 Å². The van der Waals surface area contributed by atoms with Gasteiger partial charge >= 0.3 is 0 Å². The van der Waals surface area contributed by atoms with Gasteiger partial charge in [-0.25, -0.2) is 0 Å². The first-order valence-electron chi connectivity index (χ1n) is 3.18. The molecule has 0 heterocycles. The van der Waals surface area contributed by atoms with Crippen LogP contribution in [0.3, 0.4) is 0 Å². The van der Waals surface area contributed by atoms with Crippen LogP contribution in [0.5, 0.6) is 0 Å². The third kappa shape index (κ3) is 3.07. The second-order valence-corrected chi connectivity index (χ2v) is 2.49. The molecule has 2 heteroatoms. The summed E-state index contributed by atoms with van der Waals surface area (Å²) in [6, 6.07) is 0. The second kappa shape index (κ2) is 3.88. The Labute approximate surface area is 61.9 Å². The smallest absolute Gasteiger partial charge is 0.0230 e. The fourth-order valence-corrected chi connectivity index (χ4v) is 0.629. The molecule has 0 fully saturated rings. The minimum Gasteiger partial charge on any atom is -0.402 e. The molecule has 2 nitrogen and oxygen atoms in total. The molecule has 0 aromatic rings. The third-order valence-corrected chi connectivity index (χ3v) is 1.17. The number of rotatable bonds is 3. The van der Waals surface area contributed by atoms with Gasteiger partial charge in [-0.1, -0.05) is 12.2 Å². The monoisotopic (exact) mass is 138 g/mol. The van der Waals surface area contributed by atoms with Crippen molar-refractivity contribution in [3.8, 4) is 0 Å². The summed E-state index contributed by atoms with van der Waals surface area (Å²) in [5, 5.41) is 6.98. The Morgan fingerprint density at radius 3 is 2.20 bits per heavy atom. The number of nitrogens with one attached hydrogen (secondary N) is 1. The van der Waals surface area contributed by atoms with Crippen LogP contribution >= 0.6 is 0 Å². The third-order valence-electron chi connectivity index (χ3n) is 1.17. The highest BCUT2D eigenvalue weighted by atomic mass is 14.6. The number of hydrogen-bond donors (Lipinski definition) is 2. The van der Waals surface area contributed by atoms with Gasteiger partial charge < -0.3 is 11.1 Å². The lowest BCUT2D eigenvalue weighted by Crippen LogP contribution is -1.99. The topological polar surface area (TPSA) is 49.9 Å². The van der Waals surface area contributed by atoms with Crippen LogP contribution in [-0.2, 0) is 0 Å². The largest absolute Gasteiger partial charge is 0.402 e. The minimum atomic E-state index is 0.706. The lowest BCUT2D eigenvalue weighted by atomic mass is 10.1. The maximum Gasteiger partial charge on any atom is 0.0230 e. The molecule has 0 radical (unpaired) electrons. The van der Waals surface area contributed by atoms with Gasteiger partial charge in [0.1, 0.15) is 0 Å². The minimum absolute atomic E-state index is 0.706. The summed E-state index contributed by atoms with van der Waals surface area (Å²) in [6.45, 7) is 7.45. The van der Waals surface area contributed by atoms with E-state index in [1.165, 1.54) is 6.21 Å². The molecule has 0 aliphatic rings. The van der Waals surface area contributed by atoms with Gasteiger partial charge in [-0.3, -0.25) is 0 Å². The summed E-state index contributed by atoms with van der Waals surface area (Å²) in [4.78, 5) is 0. The van der Waals surface area contributed by atoms with Gasteiger partial charge in [0.15, 0.2) is 0 Å². The maximum absolute atomic E-state index is 6.98. The molecule has 0 aliphatic heterocycles. The first kappa shape index (κ1) is 8.95. The molecule has 0 aromatic carbocycles. The second-order valence-electron chi connectivity index (χ2n) is 2.49. The van der Waals surface area contributed by atoms with Crippen LogP contribution in [0.15, 0.2) is 23.4 Å². The van der Waals surface area contributed by atoms with Crippen molar-refractivity contribution in [1.82, 2.24) is 0 Å². The molecule has 3 N–H and O–H groups in total. The lowest BCUT2D eigenvalue weighted by molar-refractivity contribution is 1.12. The first-order valence-corrected chi connectivity index (χ1v) is 3.18. The van der Waals surface area contributed by atoms with E-state index in [0.717, 1.165) is 11.1 Å². The lowest BCUT2D eigenvalue weighted by Gasteiger charge is -2.01. The van der Waals surface area contributed by atoms with Gasteiger partial charge in [0.2, 0.25) is 0 Å². The molecule has 0 amide bonds. The molecule has 0 saturated heterocycles. The SMILES string of the molecule is C=C(C)C/C(C=N)=C(\C)N. The zero-order chi connectivity index (χ0) is 8.15. The van der Waals surface area contributed by atoms with Crippen LogP contribution in [0.25, 0.3) is 0 Å². The molecular weight excluding hydrogens is 124 g/mol. The number of hydrogen-bond acceptors (Lipinski definition) is 2. The van der Waals surface area contributed by atoms with E-state index in [4.69, 9.17) is 11.1 Å². The average molecular weight is 138 g/mol. The highest BCUT2D eigenvalue weighted by Crippen LogP contribution is 2.07. The molecule has 0 spiro atoms. The van der Waals surface area contributed by atoms with E-state index in [9.17, 15) is 0 Å². The Bertz CT molecular complexity index is 174. The van der Waals surface area contributed by atoms with E-state index < -0.39 is 0 Å². The van der Waals surface area contributed by atoms with Gasteiger partial charge in [0.25, 0.3) is 0 Å². The Hall–Kier alpha value is -1.05. The van der Waals surface area contributed by atoms with Gasteiger partial charge in [-0.05, 0) is 25.8 Å². The molecule has 0 aromatic heterocycles. The highest BCUT2D eigenvalue weighted by molar-refractivity contribution is 5.77. The molecule has 0 saturated carbocycles. The van der Waals surface area contributed by atoms with Crippen molar-refractivity contribution in [3.63, 3.8) is 0 Å². The molecular formula is C8H14N2. The summed E-state index contributed by atoms with van der Waals surface area (Å²) in [6.07, 6.45) is 2.00. The summed E-state index contributed by atoms with van der Waals surface area (Å²) in [5.74, 6) is 0. The molecule has 0 atom stereocenters. The summed E-state index contributed by atoms with van der Waals surface area (Å²) < 4.78 is 0. The van der Waals surface area contributed by atoms with Crippen LogP contribution in [-0.4, -0.2) is 6.21 Å². The van der Waals surface area contributed by atoms with Crippen LogP contribution < -0.4 is 5.73 Å². The molecule has 10 heavy (non-hydrogen) atoms. The molecule has 56 valence electrons. The Morgan fingerprint density at radius 1 is 1.60 bits per heavy atom. The summed E-state index contributed by atoms with van der Waals surface area (Å²) in [7, 11) is 0. The van der Waals surface area contributed by atoms with Crippen molar-refractivity contribution in [1.29, 1.82) is 5.41 Å². The van der Waals surface area contributed by atoms with Gasteiger partial charge in [0, 0.05) is 11.9 Å². The zero-order valence-electron chi connectivity index (χ0n) is 6.57. The summed E-state index contributed by atoms with van der Waals surface area (Å²) >= 11 is 0. The van der Waals surface area contributed by atoms with Crippen molar-refractivity contribution in [2.45, 2.75) is 20.3 Å². The standard InChI is InChI=1S/C8H14N2/c1-6(2)4-8(5-9)7(3)10/h5,9H,1,4,10H2,2-3H3/b8-7-,9-5?. The maximum atomic E-state index is 6.98. The van der Waals surface area contributed by atoms with Crippen molar-refractivity contribution in [3.05, 3.63) is 23.4 Å². The van der Waals surface area contributed by atoms with Gasteiger partial charge in [-0.15, -0.1) is 0 Å². The fourth-order valence-electron chi connectivity index (χ4n) is 0.629. The van der Waals surface area contributed by atoms with Gasteiger partial charge in [0.05, 0.1) is 0 Å². The number of nitrogens with two attached hydrogens (primary N) is 1. The highest BCUT2D eigenvalue weighted by Gasteiger charge is 1.95. The average Bonchev–Trinajstić information content (AvgIpc) is 1.81. The summed E-state index contributed by atoms with van der Waals surface area (Å²) in [5.41, 5.74) is 8.07. The molecule has 0 bridgehead atoms. The Morgan fingerprint density at radius 2 is 2.10 bits per heavy atom. The van der Waals surface area contributed by atoms with Crippen LogP contribution in [0.2, 0.25) is 0 Å². The molecule has 0 aliphatic carbocycles. The van der Waals surface area contributed by atoms with Crippen molar-refractivity contribution in [2.24, 2.45) is 5.73 Å². The van der Waals surface area contributed by atoms with Crippen molar-refractivity contribution >= 4 is 6.21 Å². The molecule has 0 unspecified atom stereocenters. The van der Waals surface area contributed by atoms with Crippen LogP contribution in [0, 0.1) is 5.41 Å². The normalized spacial score (nSPS) is 12.2. The van der Waals surface area contributed by atoms with E-state index in [0.29, 0.717) is 12.1 Å². The van der Waals surface area contributed by atoms with E-state index in [1.54, 1.807) is 6.92 Å².